The van der Waals surface area contributed by atoms with Crippen molar-refractivity contribution >= 4 is 18.2 Å². The first kappa shape index (κ1) is 13.9. The summed E-state index contributed by atoms with van der Waals surface area (Å²) in [5.74, 6) is 0. The van der Waals surface area contributed by atoms with Gasteiger partial charge in [0.1, 0.15) is 12.3 Å². The van der Waals surface area contributed by atoms with E-state index in [-0.39, 0.29) is 6.67 Å². The average molecular weight is 230 g/mol. The zero-order valence-electron chi connectivity index (χ0n) is 9.29. The number of nitrogens with zero attached hydrogens (tertiary/aromatic N) is 1. The van der Waals surface area contributed by atoms with Crippen molar-refractivity contribution in [2.75, 3.05) is 6.67 Å². The first-order valence-electron chi connectivity index (χ1n) is 4.41. The van der Waals surface area contributed by atoms with Crippen molar-refractivity contribution < 1.29 is 19.1 Å². The topological polar surface area (TPSA) is 109 Å². The number of carbonyl (C=O) groups excluding carboxylic acids is 3. The molecule has 0 saturated heterocycles. The predicted molar refractivity (Wildman–Crippen MR) is 54.0 cm³/mol. The number of hydrogen-bond donors (Lipinski definition) is 3. The van der Waals surface area contributed by atoms with E-state index >= 15 is 0 Å². The highest BCUT2D eigenvalue weighted by Crippen LogP contribution is 2.05. The van der Waals surface area contributed by atoms with Gasteiger partial charge in [0.2, 0.25) is 6.08 Å². The van der Waals surface area contributed by atoms with Gasteiger partial charge < -0.3 is 10.1 Å². The lowest BCUT2D eigenvalue weighted by Crippen LogP contribution is -2.48. The number of amides is 3. The molecule has 0 aromatic rings. The van der Waals surface area contributed by atoms with Crippen LogP contribution < -0.4 is 16.2 Å². The molecule has 0 aliphatic rings. The van der Waals surface area contributed by atoms with Crippen LogP contribution in [0.4, 0.5) is 9.59 Å². The van der Waals surface area contributed by atoms with E-state index in [4.69, 9.17) is 4.74 Å². The molecular weight excluding hydrogens is 216 g/mol. The summed E-state index contributed by atoms with van der Waals surface area (Å²) in [5.41, 5.74) is 3.35. The van der Waals surface area contributed by atoms with Gasteiger partial charge in [0.25, 0.3) is 0 Å². The number of ether oxygens (including phenoxy) is 1. The molecule has 8 nitrogen and oxygen atoms in total. The fraction of sp³-hybridized carbons (Fsp3) is 0.625. The minimum atomic E-state index is -0.790. The van der Waals surface area contributed by atoms with Gasteiger partial charge >= 0.3 is 12.1 Å². The van der Waals surface area contributed by atoms with Crippen LogP contribution in [0, 0.1) is 0 Å². The van der Waals surface area contributed by atoms with Gasteiger partial charge in [-0.1, -0.05) is 0 Å². The highest BCUT2D eigenvalue weighted by atomic mass is 16.6. The molecule has 8 heteroatoms. The molecule has 0 unspecified atom stereocenters. The molecule has 0 aliphatic heterocycles. The van der Waals surface area contributed by atoms with E-state index < -0.39 is 17.7 Å². The van der Waals surface area contributed by atoms with Gasteiger partial charge in [0.15, 0.2) is 0 Å². The molecule has 0 radical (unpaired) electrons. The molecular formula is C8H14N4O4. The van der Waals surface area contributed by atoms with Crippen molar-refractivity contribution in [3.8, 4) is 0 Å². The molecule has 90 valence electrons. The lowest BCUT2D eigenvalue weighted by molar-refractivity contribution is 0.0505. The molecule has 0 fully saturated rings. The number of hydrazine groups is 1. The van der Waals surface area contributed by atoms with Crippen LogP contribution in [0.2, 0.25) is 0 Å². The van der Waals surface area contributed by atoms with Crippen LogP contribution in [0.1, 0.15) is 20.8 Å². The summed E-state index contributed by atoms with van der Waals surface area (Å²) in [6.07, 6.45) is 0.449. The van der Waals surface area contributed by atoms with Gasteiger partial charge in [0.05, 0.1) is 0 Å². The Balaban J connectivity index is 3.75. The maximum absolute atomic E-state index is 11.0. The lowest BCUT2D eigenvalue weighted by atomic mass is 10.2. The average Bonchev–Trinajstić information content (AvgIpc) is 2.12. The van der Waals surface area contributed by atoms with E-state index in [0.29, 0.717) is 0 Å². The second-order valence-electron chi connectivity index (χ2n) is 3.67. The fourth-order valence-electron chi connectivity index (χ4n) is 0.599. The first-order chi connectivity index (χ1) is 7.35. The molecule has 3 N–H and O–H groups in total. The van der Waals surface area contributed by atoms with Gasteiger partial charge in [-0.2, -0.15) is 4.99 Å². The van der Waals surface area contributed by atoms with Crippen LogP contribution in [0.3, 0.4) is 0 Å². The maximum atomic E-state index is 11.0. The maximum Gasteiger partial charge on any atom is 0.426 e. The summed E-state index contributed by atoms with van der Waals surface area (Å²) in [5, 5.41) is 2.15. The fourth-order valence-corrected chi connectivity index (χ4v) is 0.599. The van der Waals surface area contributed by atoms with Crippen molar-refractivity contribution in [2.24, 2.45) is 4.99 Å². The second-order valence-corrected chi connectivity index (χ2v) is 3.67. The Morgan fingerprint density at radius 2 is 1.94 bits per heavy atom. The Kier molecular flexibility index (Phi) is 5.58. The van der Waals surface area contributed by atoms with Crippen molar-refractivity contribution in [1.29, 1.82) is 0 Å². The third-order valence-corrected chi connectivity index (χ3v) is 1.06. The predicted octanol–water partition coefficient (Wildman–Crippen LogP) is 0.0186. The Labute approximate surface area is 92.4 Å². The van der Waals surface area contributed by atoms with E-state index in [2.05, 4.69) is 10.3 Å². The van der Waals surface area contributed by atoms with Crippen LogP contribution in [-0.2, 0) is 9.53 Å². The first-order valence-corrected chi connectivity index (χ1v) is 4.41. The third kappa shape index (κ3) is 8.52. The van der Waals surface area contributed by atoms with Crippen molar-refractivity contribution in [2.45, 2.75) is 26.4 Å². The molecule has 0 rings (SSSR count). The number of hydrogen-bond acceptors (Lipinski definition) is 5. The summed E-state index contributed by atoms with van der Waals surface area (Å²) >= 11 is 0. The Bertz CT molecular complexity index is 304. The zero-order chi connectivity index (χ0) is 12.6. The zero-order valence-corrected chi connectivity index (χ0v) is 9.29. The van der Waals surface area contributed by atoms with Crippen molar-refractivity contribution in [3.05, 3.63) is 0 Å². The van der Waals surface area contributed by atoms with E-state index in [1.54, 1.807) is 20.8 Å². The monoisotopic (exact) mass is 230 g/mol. The smallest absolute Gasteiger partial charge is 0.426 e. The Morgan fingerprint density at radius 1 is 1.31 bits per heavy atom. The number of rotatable bonds is 2. The quantitative estimate of drug-likeness (QED) is 0.353. The number of nitrogens with one attached hydrogen (secondary N) is 3. The largest absolute Gasteiger partial charge is 0.443 e. The molecule has 0 spiro atoms. The summed E-state index contributed by atoms with van der Waals surface area (Å²) in [6, 6.07) is -0.718. The van der Waals surface area contributed by atoms with Gasteiger partial charge in [-0.25, -0.2) is 25.2 Å². The Hall–Kier alpha value is -2.08. The lowest BCUT2D eigenvalue weighted by Gasteiger charge is -2.19. The molecule has 0 atom stereocenters. The molecule has 0 heterocycles. The van der Waals surface area contributed by atoms with Gasteiger partial charge in [0, 0.05) is 0 Å². The highest BCUT2D eigenvalue weighted by Gasteiger charge is 2.16. The standard InChI is InChI=1S/C8H14N4O4/c1-8(2,3)16-7(15)12-11-6(14)10-4-9-5-13/h4H2,1-3H3,(H,12,15)(H2,10,11,14). The van der Waals surface area contributed by atoms with Crippen LogP contribution in [-0.4, -0.2) is 30.5 Å². The van der Waals surface area contributed by atoms with Gasteiger partial charge in [-0.05, 0) is 20.8 Å². The minimum absolute atomic E-state index is 0.217. The molecule has 0 bridgehead atoms. The number of carbonyl (C=O) groups is 2. The molecule has 0 aliphatic carbocycles. The summed E-state index contributed by atoms with van der Waals surface area (Å²) in [7, 11) is 0. The van der Waals surface area contributed by atoms with Crippen LogP contribution in [0.25, 0.3) is 0 Å². The van der Waals surface area contributed by atoms with Crippen LogP contribution >= 0.6 is 0 Å². The van der Waals surface area contributed by atoms with E-state index in [1.165, 1.54) is 6.08 Å². The van der Waals surface area contributed by atoms with E-state index in [9.17, 15) is 14.4 Å². The summed E-state index contributed by atoms with van der Waals surface area (Å²) in [6.45, 7) is 4.84. The minimum Gasteiger partial charge on any atom is -0.443 e. The van der Waals surface area contributed by atoms with Gasteiger partial charge in [-0.3, -0.25) is 0 Å². The Morgan fingerprint density at radius 3 is 2.44 bits per heavy atom. The third-order valence-electron chi connectivity index (χ3n) is 1.06. The molecule has 3 amide bonds. The SMILES string of the molecule is CC(C)(C)OC(=O)NNC(=O)NCN=C=O. The highest BCUT2D eigenvalue weighted by molar-refractivity contribution is 5.77. The molecule has 0 saturated carbocycles. The normalized spacial score (nSPS) is 9.69. The summed E-state index contributed by atoms with van der Waals surface area (Å²) in [4.78, 5) is 34.7. The van der Waals surface area contributed by atoms with Crippen molar-refractivity contribution in [3.63, 3.8) is 0 Å². The van der Waals surface area contributed by atoms with Gasteiger partial charge in [-0.15, -0.1) is 0 Å². The summed E-state index contributed by atoms with van der Waals surface area (Å²) < 4.78 is 4.84. The van der Waals surface area contributed by atoms with Crippen LogP contribution in [0.5, 0.6) is 0 Å². The van der Waals surface area contributed by atoms with Crippen LogP contribution in [0.15, 0.2) is 4.99 Å². The van der Waals surface area contributed by atoms with E-state index in [0.717, 1.165) is 0 Å². The molecule has 0 aromatic carbocycles. The number of isocyanates is 1. The molecule has 0 aromatic heterocycles. The molecule has 16 heavy (non-hydrogen) atoms. The van der Waals surface area contributed by atoms with E-state index in [1.807, 2.05) is 10.9 Å². The second kappa shape index (κ2) is 6.41. The number of aliphatic imine (C=N–C) groups is 1. The van der Waals surface area contributed by atoms with Crippen molar-refractivity contribution in [1.82, 2.24) is 16.2 Å². The number of urea groups is 1.